The van der Waals surface area contributed by atoms with Gasteiger partial charge in [0.1, 0.15) is 5.82 Å². The van der Waals surface area contributed by atoms with Crippen LogP contribution in [0.2, 0.25) is 0 Å². The van der Waals surface area contributed by atoms with E-state index in [9.17, 15) is 18.0 Å². The first-order chi connectivity index (χ1) is 8.79. The SMILES string of the molecule is Cc1nccn1-c1cc(C(=O)O)cc(C(F)(F)F)c1. The molecule has 1 aromatic heterocycles. The van der Waals surface area contributed by atoms with Crippen LogP contribution in [0.15, 0.2) is 30.6 Å². The fraction of sp³-hybridized carbons (Fsp3) is 0.167. The molecule has 0 aliphatic carbocycles. The van der Waals surface area contributed by atoms with Crippen molar-refractivity contribution in [3.05, 3.63) is 47.5 Å². The van der Waals surface area contributed by atoms with Gasteiger partial charge in [0, 0.05) is 18.1 Å². The predicted octanol–water partition coefficient (Wildman–Crippen LogP) is 2.90. The Morgan fingerprint density at radius 1 is 1.32 bits per heavy atom. The molecule has 0 fully saturated rings. The molecule has 100 valence electrons. The molecule has 0 saturated carbocycles. The van der Waals surface area contributed by atoms with E-state index < -0.39 is 23.3 Å². The average Bonchev–Trinajstić information content (AvgIpc) is 2.73. The van der Waals surface area contributed by atoms with Gasteiger partial charge in [0.15, 0.2) is 0 Å². The molecule has 0 spiro atoms. The van der Waals surface area contributed by atoms with Crippen molar-refractivity contribution in [1.29, 1.82) is 0 Å². The van der Waals surface area contributed by atoms with Crippen molar-refractivity contribution in [3.8, 4) is 5.69 Å². The number of halogens is 3. The van der Waals surface area contributed by atoms with Crippen LogP contribution in [0.4, 0.5) is 13.2 Å². The number of nitrogens with zero attached hydrogens (tertiary/aromatic N) is 2. The molecule has 1 heterocycles. The second-order valence-corrected chi connectivity index (χ2v) is 3.92. The van der Waals surface area contributed by atoms with Gasteiger partial charge in [0.2, 0.25) is 0 Å². The zero-order valence-electron chi connectivity index (χ0n) is 9.77. The van der Waals surface area contributed by atoms with Gasteiger partial charge in [-0.05, 0) is 25.1 Å². The van der Waals surface area contributed by atoms with E-state index in [1.807, 2.05) is 0 Å². The normalized spacial score (nSPS) is 11.6. The smallest absolute Gasteiger partial charge is 0.416 e. The van der Waals surface area contributed by atoms with Crippen molar-refractivity contribution in [2.24, 2.45) is 0 Å². The lowest BCUT2D eigenvalue weighted by molar-refractivity contribution is -0.137. The fourth-order valence-electron chi connectivity index (χ4n) is 1.69. The number of aryl methyl sites for hydroxylation is 1. The van der Waals surface area contributed by atoms with Gasteiger partial charge in [-0.3, -0.25) is 0 Å². The summed E-state index contributed by atoms with van der Waals surface area (Å²) >= 11 is 0. The molecule has 0 aliphatic rings. The molecule has 2 rings (SSSR count). The predicted molar refractivity (Wildman–Crippen MR) is 60.3 cm³/mol. The highest BCUT2D eigenvalue weighted by atomic mass is 19.4. The number of hydrogen-bond acceptors (Lipinski definition) is 2. The minimum atomic E-state index is -4.60. The van der Waals surface area contributed by atoms with Crippen LogP contribution >= 0.6 is 0 Å². The van der Waals surface area contributed by atoms with E-state index in [1.54, 1.807) is 6.92 Å². The Hall–Kier alpha value is -2.31. The number of carboxylic acids is 1. The molecule has 0 atom stereocenters. The van der Waals surface area contributed by atoms with Crippen LogP contribution in [-0.2, 0) is 6.18 Å². The Morgan fingerprint density at radius 2 is 2.00 bits per heavy atom. The minimum absolute atomic E-state index is 0.113. The van der Waals surface area contributed by atoms with Gasteiger partial charge in [-0.15, -0.1) is 0 Å². The third-order valence-corrected chi connectivity index (χ3v) is 2.60. The number of carbonyl (C=O) groups is 1. The molecule has 2 aromatic rings. The van der Waals surface area contributed by atoms with Gasteiger partial charge >= 0.3 is 12.1 Å². The van der Waals surface area contributed by atoms with Crippen LogP contribution in [0.3, 0.4) is 0 Å². The first-order valence-corrected chi connectivity index (χ1v) is 5.25. The van der Waals surface area contributed by atoms with Crippen LogP contribution < -0.4 is 0 Å². The maximum Gasteiger partial charge on any atom is 0.416 e. The summed E-state index contributed by atoms with van der Waals surface area (Å²) in [6.45, 7) is 1.61. The summed E-state index contributed by atoms with van der Waals surface area (Å²) in [7, 11) is 0. The molecule has 7 heteroatoms. The van der Waals surface area contributed by atoms with Gasteiger partial charge in [0.25, 0.3) is 0 Å². The standard InChI is InChI=1S/C12H9F3N2O2/c1-7-16-2-3-17(7)10-5-8(11(18)19)4-9(6-10)12(13,14)15/h2-6H,1H3,(H,18,19). The van der Waals surface area contributed by atoms with E-state index in [0.717, 1.165) is 6.07 Å². The lowest BCUT2D eigenvalue weighted by atomic mass is 10.1. The van der Waals surface area contributed by atoms with E-state index in [2.05, 4.69) is 4.98 Å². The van der Waals surface area contributed by atoms with Gasteiger partial charge in [-0.25, -0.2) is 9.78 Å². The number of aromatic nitrogens is 2. The molecule has 19 heavy (non-hydrogen) atoms. The molecule has 0 amide bonds. The van der Waals surface area contributed by atoms with E-state index in [-0.39, 0.29) is 5.69 Å². The Labute approximate surface area is 106 Å². The second kappa shape index (κ2) is 4.42. The minimum Gasteiger partial charge on any atom is -0.478 e. The molecular formula is C12H9F3N2O2. The van der Waals surface area contributed by atoms with Crippen molar-refractivity contribution in [2.45, 2.75) is 13.1 Å². The molecule has 1 aromatic carbocycles. The molecule has 0 radical (unpaired) electrons. The summed E-state index contributed by atoms with van der Waals surface area (Å²) in [5, 5.41) is 8.87. The summed E-state index contributed by atoms with van der Waals surface area (Å²) in [5.74, 6) is -0.944. The van der Waals surface area contributed by atoms with E-state index in [4.69, 9.17) is 5.11 Å². The monoisotopic (exact) mass is 270 g/mol. The van der Waals surface area contributed by atoms with Gasteiger partial charge in [0.05, 0.1) is 11.1 Å². The summed E-state index contributed by atoms with van der Waals surface area (Å²) < 4.78 is 39.6. The maximum atomic E-state index is 12.7. The number of carboxylic acid groups (broad SMARTS) is 1. The van der Waals surface area contributed by atoms with Crippen molar-refractivity contribution in [1.82, 2.24) is 9.55 Å². The number of hydrogen-bond donors (Lipinski definition) is 1. The van der Waals surface area contributed by atoms with Crippen molar-refractivity contribution in [3.63, 3.8) is 0 Å². The highest BCUT2D eigenvalue weighted by molar-refractivity contribution is 5.88. The van der Waals surface area contributed by atoms with Gasteiger partial charge in [-0.2, -0.15) is 13.2 Å². The zero-order valence-corrected chi connectivity index (χ0v) is 9.77. The third kappa shape index (κ3) is 2.59. The first-order valence-electron chi connectivity index (χ1n) is 5.25. The Morgan fingerprint density at radius 3 is 2.47 bits per heavy atom. The van der Waals surface area contributed by atoms with Crippen molar-refractivity contribution in [2.75, 3.05) is 0 Å². The molecule has 1 N–H and O–H groups in total. The number of aromatic carboxylic acids is 1. The fourth-order valence-corrected chi connectivity index (χ4v) is 1.69. The molecule has 4 nitrogen and oxygen atoms in total. The average molecular weight is 270 g/mol. The summed E-state index contributed by atoms with van der Waals surface area (Å²) in [5.41, 5.74) is -1.31. The Kier molecular flexibility index (Phi) is 3.05. The van der Waals surface area contributed by atoms with Crippen LogP contribution in [0.5, 0.6) is 0 Å². The number of imidazole rings is 1. The summed E-state index contributed by atoms with van der Waals surface area (Å²) in [6, 6.07) is 2.67. The van der Waals surface area contributed by atoms with Crippen LogP contribution in [-0.4, -0.2) is 20.6 Å². The maximum absolute atomic E-state index is 12.7. The number of alkyl halides is 3. The molecule has 0 bridgehead atoms. The lowest BCUT2D eigenvalue weighted by Crippen LogP contribution is -2.10. The largest absolute Gasteiger partial charge is 0.478 e. The third-order valence-electron chi connectivity index (χ3n) is 2.60. The highest BCUT2D eigenvalue weighted by Gasteiger charge is 2.32. The van der Waals surface area contributed by atoms with E-state index in [1.165, 1.54) is 23.0 Å². The second-order valence-electron chi connectivity index (χ2n) is 3.92. The molecule has 0 aliphatic heterocycles. The topological polar surface area (TPSA) is 55.1 Å². The Balaban J connectivity index is 2.65. The van der Waals surface area contributed by atoms with E-state index >= 15 is 0 Å². The zero-order chi connectivity index (χ0) is 14.2. The first kappa shape index (κ1) is 13.1. The van der Waals surface area contributed by atoms with Crippen LogP contribution in [0, 0.1) is 6.92 Å². The van der Waals surface area contributed by atoms with Crippen molar-refractivity contribution >= 4 is 5.97 Å². The quantitative estimate of drug-likeness (QED) is 0.912. The summed E-state index contributed by atoms with van der Waals surface area (Å²) in [6.07, 6.45) is -1.71. The van der Waals surface area contributed by atoms with Gasteiger partial charge < -0.3 is 9.67 Å². The van der Waals surface area contributed by atoms with Crippen molar-refractivity contribution < 1.29 is 23.1 Å². The van der Waals surface area contributed by atoms with Crippen LogP contribution in [0.25, 0.3) is 5.69 Å². The number of benzene rings is 1. The molecular weight excluding hydrogens is 261 g/mol. The number of rotatable bonds is 2. The highest BCUT2D eigenvalue weighted by Crippen LogP contribution is 2.31. The Bertz CT molecular complexity index is 632. The van der Waals surface area contributed by atoms with Gasteiger partial charge in [-0.1, -0.05) is 0 Å². The van der Waals surface area contributed by atoms with Crippen LogP contribution in [0.1, 0.15) is 21.7 Å². The molecule has 0 unspecified atom stereocenters. The molecule has 0 saturated heterocycles. The lowest BCUT2D eigenvalue weighted by Gasteiger charge is -2.12. The summed E-state index contributed by atoms with van der Waals surface area (Å²) in [4.78, 5) is 14.8. The van der Waals surface area contributed by atoms with E-state index in [0.29, 0.717) is 11.9 Å².